The smallest absolute Gasteiger partial charge is 0.339 e. The van der Waals surface area contributed by atoms with Crippen LogP contribution in [0.3, 0.4) is 0 Å². The molecular formula is C12H8O8. The summed E-state index contributed by atoms with van der Waals surface area (Å²) < 4.78 is 9.40. The lowest BCUT2D eigenvalue weighted by Crippen LogP contribution is -2.24. The molecule has 0 saturated carbocycles. The van der Waals surface area contributed by atoms with Gasteiger partial charge in [0.25, 0.3) is 0 Å². The van der Waals surface area contributed by atoms with Crippen LogP contribution in [0.1, 0.15) is 41.4 Å². The third kappa shape index (κ3) is 2.18. The second kappa shape index (κ2) is 5.00. The van der Waals surface area contributed by atoms with Gasteiger partial charge in [0.15, 0.2) is 0 Å². The molecule has 0 aliphatic carbocycles. The van der Waals surface area contributed by atoms with E-state index in [0.29, 0.717) is 0 Å². The standard InChI is InChI=1S/C12H8O8/c13-9(14)7-5-1-2-6(8(7)10(15)16)12(18)20-4-3-19-11(5)17/h1-2H,3-4H2,(H,13,14)(H,15,16). The van der Waals surface area contributed by atoms with Crippen molar-refractivity contribution in [3.8, 4) is 0 Å². The molecule has 0 amide bonds. The molecule has 0 saturated heterocycles. The van der Waals surface area contributed by atoms with Crippen molar-refractivity contribution in [1.82, 2.24) is 0 Å². The number of aromatic carboxylic acids is 2. The molecule has 0 unspecified atom stereocenters. The minimum absolute atomic E-state index is 0.246. The molecule has 104 valence electrons. The highest BCUT2D eigenvalue weighted by Gasteiger charge is 2.31. The molecule has 2 aliphatic rings. The predicted molar refractivity (Wildman–Crippen MR) is 60.9 cm³/mol. The number of hydrogen-bond acceptors (Lipinski definition) is 6. The van der Waals surface area contributed by atoms with Crippen LogP contribution in [0.5, 0.6) is 0 Å². The highest BCUT2D eigenvalue weighted by atomic mass is 16.6. The molecule has 1 aromatic carbocycles. The summed E-state index contributed by atoms with van der Waals surface area (Å²) in [4.78, 5) is 45.9. The summed E-state index contributed by atoms with van der Waals surface area (Å²) >= 11 is 0. The van der Waals surface area contributed by atoms with Gasteiger partial charge in [0.1, 0.15) is 13.2 Å². The molecule has 2 aliphatic heterocycles. The minimum atomic E-state index is -1.65. The SMILES string of the molecule is O=C1OCCOC(=O)c2ccc1c(C(=O)O)c2C(=O)O. The Morgan fingerprint density at radius 1 is 0.850 bits per heavy atom. The van der Waals surface area contributed by atoms with E-state index in [1.807, 2.05) is 0 Å². The molecule has 0 radical (unpaired) electrons. The van der Waals surface area contributed by atoms with Crippen LogP contribution in [0, 0.1) is 0 Å². The zero-order valence-corrected chi connectivity index (χ0v) is 9.91. The lowest BCUT2D eigenvalue weighted by atomic mass is 9.95. The molecule has 0 spiro atoms. The van der Waals surface area contributed by atoms with Gasteiger partial charge in [-0.05, 0) is 12.1 Å². The molecule has 8 nitrogen and oxygen atoms in total. The Balaban J connectivity index is 2.83. The molecular weight excluding hydrogens is 272 g/mol. The molecule has 2 bridgehead atoms. The highest BCUT2D eigenvalue weighted by molar-refractivity contribution is 6.14. The summed E-state index contributed by atoms with van der Waals surface area (Å²) in [6.45, 7) is -0.491. The van der Waals surface area contributed by atoms with Gasteiger partial charge in [0, 0.05) is 0 Å². The van der Waals surface area contributed by atoms with E-state index in [9.17, 15) is 19.2 Å². The fourth-order valence-corrected chi connectivity index (χ4v) is 1.81. The van der Waals surface area contributed by atoms with Gasteiger partial charge < -0.3 is 19.7 Å². The van der Waals surface area contributed by atoms with Crippen molar-refractivity contribution in [2.75, 3.05) is 13.2 Å². The maximum Gasteiger partial charge on any atom is 0.339 e. The first-order valence-electron chi connectivity index (χ1n) is 5.41. The van der Waals surface area contributed by atoms with Crippen LogP contribution in [0.25, 0.3) is 0 Å². The van der Waals surface area contributed by atoms with Gasteiger partial charge >= 0.3 is 23.9 Å². The fraction of sp³-hybridized carbons (Fsp3) is 0.167. The van der Waals surface area contributed by atoms with E-state index in [0.717, 1.165) is 12.1 Å². The van der Waals surface area contributed by atoms with E-state index in [2.05, 4.69) is 0 Å². The van der Waals surface area contributed by atoms with Gasteiger partial charge in [-0.15, -0.1) is 0 Å². The fourth-order valence-electron chi connectivity index (χ4n) is 1.81. The molecule has 1 aromatic rings. The van der Waals surface area contributed by atoms with Crippen molar-refractivity contribution in [3.05, 3.63) is 34.4 Å². The lowest BCUT2D eigenvalue weighted by Gasteiger charge is -2.15. The van der Waals surface area contributed by atoms with Crippen LogP contribution in [0.15, 0.2) is 12.1 Å². The maximum absolute atomic E-state index is 11.7. The van der Waals surface area contributed by atoms with Gasteiger partial charge in [0.2, 0.25) is 0 Å². The predicted octanol–water partition coefficient (Wildman–Crippen LogP) is 0.410. The van der Waals surface area contributed by atoms with Gasteiger partial charge in [-0.2, -0.15) is 0 Å². The van der Waals surface area contributed by atoms with Crippen LogP contribution in [0.2, 0.25) is 0 Å². The zero-order valence-electron chi connectivity index (χ0n) is 9.91. The number of ether oxygens (including phenoxy) is 2. The van der Waals surface area contributed by atoms with Gasteiger partial charge in [-0.1, -0.05) is 0 Å². The number of carboxylic acid groups (broad SMARTS) is 2. The second-order valence-electron chi connectivity index (χ2n) is 3.79. The topological polar surface area (TPSA) is 127 Å². The Morgan fingerprint density at radius 2 is 1.20 bits per heavy atom. The quantitative estimate of drug-likeness (QED) is 0.745. The molecule has 2 heterocycles. The molecule has 0 aromatic heterocycles. The van der Waals surface area contributed by atoms with E-state index in [1.54, 1.807) is 0 Å². The Morgan fingerprint density at radius 3 is 1.50 bits per heavy atom. The van der Waals surface area contributed by atoms with Crippen LogP contribution < -0.4 is 0 Å². The van der Waals surface area contributed by atoms with Crippen molar-refractivity contribution >= 4 is 23.9 Å². The number of rotatable bonds is 2. The van der Waals surface area contributed by atoms with E-state index in [-0.39, 0.29) is 13.2 Å². The number of hydrogen-bond donors (Lipinski definition) is 2. The largest absolute Gasteiger partial charge is 0.478 e. The molecule has 8 heteroatoms. The lowest BCUT2D eigenvalue weighted by molar-refractivity contribution is 0.0254. The Hall–Kier alpha value is -2.90. The van der Waals surface area contributed by atoms with Gasteiger partial charge in [0.05, 0.1) is 22.3 Å². The monoisotopic (exact) mass is 280 g/mol. The summed E-state index contributed by atoms with van der Waals surface area (Å²) in [5, 5.41) is 18.2. The van der Waals surface area contributed by atoms with Crippen molar-refractivity contribution < 1.29 is 38.9 Å². The van der Waals surface area contributed by atoms with Crippen LogP contribution >= 0.6 is 0 Å². The number of fused-ring (bicyclic) bond motifs is 7. The average Bonchev–Trinajstić information content (AvgIpc) is 2.40. The van der Waals surface area contributed by atoms with Crippen LogP contribution in [-0.4, -0.2) is 47.3 Å². The Labute approximate surface area is 111 Å². The van der Waals surface area contributed by atoms with Crippen LogP contribution in [0.4, 0.5) is 0 Å². The Kier molecular flexibility index (Phi) is 3.38. The zero-order chi connectivity index (χ0) is 14.9. The van der Waals surface area contributed by atoms with Crippen LogP contribution in [-0.2, 0) is 9.47 Å². The van der Waals surface area contributed by atoms with Crippen molar-refractivity contribution in [3.63, 3.8) is 0 Å². The minimum Gasteiger partial charge on any atom is -0.478 e. The molecule has 20 heavy (non-hydrogen) atoms. The van der Waals surface area contributed by atoms with Crippen molar-refractivity contribution in [2.45, 2.75) is 0 Å². The summed E-state index contributed by atoms with van der Waals surface area (Å²) in [7, 11) is 0. The normalized spacial score (nSPS) is 14.4. The molecule has 2 N–H and O–H groups in total. The number of benzene rings is 1. The van der Waals surface area contributed by atoms with E-state index in [1.165, 1.54) is 0 Å². The molecule has 0 fully saturated rings. The van der Waals surface area contributed by atoms with Gasteiger partial charge in [-0.3, -0.25) is 0 Å². The average molecular weight is 280 g/mol. The third-order valence-corrected chi connectivity index (χ3v) is 2.62. The van der Waals surface area contributed by atoms with Crippen molar-refractivity contribution in [1.29, 1.82) is 0 Å². The third-order valence-electron chi connectivity index (χ3n) is 2.62. The highest BCUT2D eigenvalue weighted by Crippen LogP contribution is 2.23. The van der Waals surface area contributed by atoms with E-state index in [4.69, 9.17) is 19.7 Å². The number of esters is 2. The summed E-state index contributed by atoms with van der Waals surface area (Å²) in [5.74, 6) is -5.28. The second-order valence-corrected chi connectivity index (χ2v) is 3.79. The summed E-state index contributed by atoms with van der Waals surface area (Å²) in [6.07, 6.45) is 0. The van der Waals surface area contributed by atoms with Gasteiger partial charge in [-0.25, -0.2) is 19.2 Å². The first-order chi connectivity index (χ1) is 9.43. The van der Waals surface area contributed by atoms with Crippen molar-refractivity contribution in [2.24, 2.45) is 0 Å². The first kappa shape index (κ1) is 13.5. The maximum atomic E-state index is 11.7. The number of carboxylic acids is 2. The Bertz CT molecular complexity index is 576. The first-order valence-corrected chi connectivity index (χ1v) is 5.41. The molecule has 3 rings (SSSR count). The summed E-state index contributed by atoms with van der Waals surface area (Å²) in [5.41, 5.74) is -2.43. The number of carbonyl (C=O) groups excluding carboxylic acids is 2. The van der Waals surface area contributed by atoms with E-state index >= 15 is 0 Å². The number of carbonyl (C=O) groups is 4. The van der Waals surface area contributed by atoms with E-state index < -0.39 is 46.1 Å². The summed E-state index contributed by atoms with van der Waals surface area (Å²) in [6, 6.07) is 2.06. The molecule has 0 atom stereocenters.